The van der Waals surface area contributed by atoms with Gasteiger partial charge in [-0.3, -0.25) is 4.90 Å². The zero-order valence-corrected chi connectivity index (χ0v) is 16.1. The van der Waals surface area contributed by atoms with Gasteiger partial charge in [-0.25, -0.2) is 13.4 Å². The Morgan fingerprint density at radius 1 is 1.08 bits per heavy atom. The second kappa shape index (κ2) is 8.05. The quantitative estimate of drug-likeness (QED) is 0.835. The second-order valence-corrected chi connectivity index (χ2v) is 8.78. The molecule has 0 saturated carbocycles. The van der Waals surface area contributed by atoms with Crippen LogP contribution in [0.3, 0.4) is 0 Å². The maximum atomic E-state index is 11.9. The van der Waals surface area contributed by atoms with E-state index in [1.54, 1.807) is 18.3 Å². The standard InChI is InChI=1S/C19H26N4O2S/c1-16(21-19-18(26(2,24)25)9-6-10-20-19)15-22-11-13-23(14-12-22)17-7-4-3-5-8-17/h3-10,16H,11-15H2,1-2H3,(H,20,21). The number of pyridine rings is 1. The summed E-state index contributed by atoms with van der Waals surface area (Å²) in [5.41, 5.74) is 1.27. The number of rotatable bonds is 6. The van der Waals surface area contributed by atoms with Gasteiger partial charge in [0.25, 0.3) is 0 Å². The number of para-hydroxylation sites is 1. The first-order chi connectivity index (χ1) is 12.4. The summed E-state index contributed by atoms with van der Waals surface area (Å²) in [6.07, 6.45) is 2.82. The van der Waals surface area contributed by atoms with Crippen molar-refractivity contribution in [1.29, 1.82) is 0 Å². The van der Waals surface area contributed by atoms with E-state index in [9.17, 15) is 8.42 Å². The molecule has 7 heteroatoms. The molecule has 140 valence electrons. The summed E-state index contributed by atoms with van der Waals surface area (Å²) in [6.45, 7) is 6.88. The normalized spacial score (nSPS) is 17.1. The lowest BCUT2D eigenvalue weighted by atomic mass is 10.2. The molecule has 2 heterocycles. The van der Waals surface area contributed by atoms with Gasteiger partial charge in [0.15, 0.2) is 9.84 Å². The van der Waals surface area contributed by atoms with E-state index in [0.717, 1.165) is 32.7 Å². The Labute approximate surface area is 155 Å². The van der Waals surface area contributed by atoms with Crippen molar-refractivity contribution < 1.29 is 8.42 Å². The highest BCUT2D eigenvalue weighted by Gasteiger charge is 2.20. The third-order valence-electron chi connectivity index (χ3n) is 4.58. The highest BCUT2D eigenvalue weighted by molar-refractivity contribution is 7.90. The lowest BCUT2D eigenvalue weighted by Crippen LogP contribution is -2.49. The van der Waals surface area contributed by atoms with Gasteiger partial charge >= 0.3 is 0 Å². The average molecular weight is 375 g/mol. The number of benzene rings is 1. The molecule has 0 radical (unpaired) electrons. The molecule has 1 aliphatic rings. The maximum Gasteiger partial charge on any atom is 0.179 e. The van der Waals surface area contributed by atoms with Crippen LogP contribution in [0.5, 0.6) is 0 Å². The van der Waals surface area contributed by atoms with Crippen LogP contribution in [0.25, 0.3) is 0 Å². The van der Waals surface area contributed by atoms with E-state index in [1.807, 2.05) is 6.07 Å². The molecular weight excluding hydrogens is 348 g/mol. The predicted molar refractivity (Wildman–Crippen MR) is 106 cm³/mol. The third-order valence-corrected chi connectivity index (χ3v) is 5.71. The second-order valence-electron chi connectivity index (χ2n) is 6.79. The van der Waals surface area contributed by atoms with Crippen molar-refractivity contribution in [2.75, 3.05) is 49.2 Å². The number of sulfone groups is 1. The average Bonchev–Trinajstić information content (AvgIpc) is 2.62. The molecule has 3 rings (SSSR count). The monoisotopic (exact) mass is 374 g/mol. The molecule has 1 fully saturated rings. The van der Waals surface area contributed by atoms with Crippen LogP contribution in [0.15, 0.2) is 53.6 Å². The van der Waals surface area contributed by atoms with Gasteiger partial charge in [0.2, 0.25) is 0 Å². The van der Waals surface area contributed by atoms with Crippen molar-refractivity contribution in [3.8, 4) is 0 Å². The fraction of sp³-hybridized carbons (Fsp3) is 0.421. The van der Waals surface area contributed by atoms with Gasteiger partial charge in [-0.05, 0) is 31.2 Å². The summed E-state index contributed by atoms with van der Waals surface area (Å²) in [7, 11) is -3.30. The molecule has 1 atom stereocenters. The van der Waals surface area contributed by atoms with E-state index >= 15 is 0 Å². The van der Waals surface area contributed by atoms with Crippen LogP contribution in [0, 0.1) is 0 Å². The number of nitrogens with zero attached hydrogens (tertiary/aromatic N) is 3. The maximum absolute atomic E-state index is 11.9. The van der Waals surface area contributed by atoms with Gasteiger partial charge in [-0.2, -0.15) is 0 Å². The van der Waals surface area contributed by atoms with Crippen molar-refractivity contribution in [3.63, 3.8) is 0 Å². The van der Waals surface area contributed by atoms with E-state index in [4.69, 9.17) is 0 Å². The Balaban J connectivity index is 1.55. The van der Waals surface area contributed by atoms with Crippen molar-refractivity contribution in [1.82, 2.24) is 9.88 Å². The number of anilines is 2. The highest BCUT2D eigenvalue weighted by atomic mass is 32.2. The third kappa shape index (κ3) is 4.74. The van der Waals surface area contributed by atoms with Gasteiger partial charge in [-0.15, -0.1) is 0 Å². The van der Waals surface area contributed by atoms with Gasteiger partial charge in [0.05, 0.1) is 0 Å². The number of nitrogens with one attached hydrogen (secondary N) is 1. The fourth-order valence-electron chi connectivity index (χ4n) is 3.29. The van der Waals surface area contributed by atoms with Crippen molar-refractivity contribution in [2.45, 2.75) is 17.9 Å². The van der Waals surface area contributed by atoms with Gasteiger partial charge in [0.1, 0.15) is 10.7 Å². The molecule has 0 amide bonds. The summed E-state index contributed by atoms with van der Waals surface area (Å²) in [5.74, 6) is 0.436. The van der Waals surface area contributed by atoms with Crippen LogP contribution in [-0.4, -0.2) is 63.3 Å². The fourth-order valence-corrected chi connectivity index (χ4v) is 4.08. The molecule has 2 aromatic rings. The van der Waals surface area contributed by atoms with Crippen LogP contribution in [0.2, 0.25) is 0 Å². The summed E-state index contributed by atoms with van der Waals surface area (Å²) >= 11 is 0. The van der Waals surface area contributed by atoms with E-state index in [-0.39, 0.29) is 10.9 Å². The minimum absolute atomic E-state index is 0.105. The molecule has 0 spiro atoms. The SMILES string of the molecule is CC(CN1CCN(c2ccccc2)CC1)Nc1ncccc1S(C)(=O)=O. The van der Waals surface area contributed by atoms with Crippen LogP contribution in [0.4, 0.5) is 11.5 Å². The Bertz CT molecular complexity index is 818. The van der Waals surface area contributed by atoms with Gasteiger partial charge in [-0.1, -0.05) is 18.2 Å². The van der Waals surface area contributed by atoms with Crippen LogP contribution < -0.4 is 10.2 Å². The predicted octanol–water partition coefficient (Wildman–Crippen LogP) is 2.11. The van der Waals surface area contributed by atoms with Crippen LogP contribution in [-0.2, 0) is 9.84 Å². The Morgan fingerprint density at radius 3 is 2.42 bits per heavy atom. The molecule has 26 heavy (non-hydrogen) atoms. The molecule has 1 unspecified atom stereocenters. The Hall–Kier alpha value is -2.12. The lowest BCUT2D eigenvalue weighted by molar-refractivity contribution is 0.251. The first-order valence-electron chi connectivity index (χ1n) is 8.87. The zero-order valence-electron chi connectivity index (χ0n) is 15.3. The minimum Gasteiger partial charge on any atom is -0.369 e. The van der Waals surface area contributed by atoms with Crippen molar-refractivity contribution in [2.24, 2.45) is 0 Å². The molecule has 6 nitrogen and oxygen atoms in total. The molecule has 1 aromatic carbocycles. The summed E-state index contributed by atoms with van der Waals surface area (Å²) in [4.78, 5) is 9.26. The number of aromatic nitrogens is 1. The number of hydrogen-bond donors (Lipinski definition) is 1. The molecular formula is C19H26N4O2S. The summed E-state index contributed by atoms with van der Waals surface area (Å²) < 4.78 is 23.8. The topological polar surface area (TPSA) is 65.5 Å². The summed E-state index contributed by atoms with van der Waals surface area (Å²) in [5, 5.41) is 3.26. The first kappa shape index (κ1) is 18.7. The molecule has 1 saturated heterocycles. The van der Waals surface area contributed by atoms with E-state index in [1.165, 1.54) is 11.9 Å². The molecule has 0 bridgehead atoms. The van der Waals surface area contributed by atoms with E-state index in [0.29, 0.717) is 5.82 Å². The first-order valence-corrected chi connectivity index (χ1v) is 10.8. The van der Waals surface area contributed by atoms with E-state index in [2.05, 4.69) is 51.3 Å². The molecule has 1 aromatic heterocycles. The highest BCUT2D eigenvalue weighted by Crippen LogP contribution is 2.19. The van der Waals surface area contributed by atoms with Crippen molar-refractivity contribution in [3.05, 3.63) is 48.7 Å². The Kier molecular flexibility index (Phi) is 5.78. The zero-order chi connectivity index (χ0) is 18.6. The number of piperazine rings is 1. The minimum atomic E-state index is -3.30. The van der Waals surface area contributed by atoms with Crippen LogP contribution in [0.1, 0.15) is 6.92 Å². The van der Waals surface area contributed by atoms with E-state index < -0.39 is 9.84 Å². The largest absolute Gasteiger partial charge is 0.369 e. The van der Waals surface area contributed by atoms with Crippen molar-refractivity contribution >= 4 is 21.3 Å². The lowest BCUT2D eigenvalue weighted by Gasteiger charge is -2.37. The van der Waals surface area contributed by atoms with Gasteiger partial charge < -0.3 is 10.2 Å². The summed E-state index contributed by atoms with van der Waals surface area (Å²) in [6, 6.07) is 13.8. The molecule has 0 aliphatic carbocycles. The van der Waals surface area contributed by atoms with Crippen LogP contribution >= 0.6 is 0 Å². The smallest absolute Gasteiger partial charge is 0.179 e. The molecule has 1 N–H and O–H groups in total. The number of hydrogen-bond acceptors (Lipinski definition) is 6. The Morgan fingerprint density at radius 2 is 1.77 bits per heavy atom. The molecule has 1 aliphatic heterocycles. The van der Waals surface area contributed by atoms with Gasteiger partial charge in [0, 0.05) is 56.9 Å².